The minimum absolute atomic E-state index is 0.0273. The molecule has 0 bridgehead atoms. The Labute approximate surface area is 294 Å². The van der Waals surface area contributed by atoms with Gasteiger partial charge >= 0.3 is 29.9 Å². The number of hydrogen-bond acceptors (Lipinski definition) is 14. The molecule has 3 aromatic heterocycles. The Morgan fingerprint density at radius 1 is 1.12 bits per heavy atom. The summed E-state index contributed by atoms with van der Waals surface area (Å²) in [5.74, 6) is -2.11. The fourth-order valence-corrected chi connectivity index (χ4v) is 6.80. The van der Waals surface area contributed by atoms with Crippen molar-refractivity contribution in [2.75, 3.05) is 18.5 Å². The van der Waals surface area contributed by atoms with Crippen LogP contribution in [-0.4, -0.2) is 70.8 Å². The number of carbonyl (C=O) groups excluding carboxylic acids is 3. The maximum Gasteiger partial charge on any atom is 0.519 e. The number of aromatic nitrogens is 4. The summed E-state index contributed by atoms with van der Waals surface area (Å²) in [6.07, 6.45) is 2.29. The van der Waals surface area contributed by atoms with Gasteiger partial charge in [0.05, 0.1) is 25.3 Å². The Balaban J connectivity index is 1.27. The predicted molar refractivity (Wildman–Crippen MR) is 179 cm³/mol. The van der Waals surface area contributed by atoms with Crippen LogP contribution in [0.15, 0.2) is 20.0 Å². The van der Waals surface area contributed by atoms with Crippen LogP contribution in [0, 0.1) is 18.9 Å². The van der Waals surface area contributed by atoms with Gasteiger partial charge in [-0.3, -0.25) is 19.5 Å². The highest BCUT2D eigenvalue weighted by molar-refractivity contribution is 6.74. The van der Waals surface area contributed by atoms with E-state index in [0.29, 0.717) is 0 Å². The summed E-state index contributed by atoms with van der Waals surface area (Å²) in [6.45, 7) is 13.5. The average Bonchev–Trinajstić information content (AvgIpc) is 3.73. The number of nitrogens with one attached hydrogen (secondary N) is 1. The van der Waals surface area contributed by atoms with Gasteiger partial charge in [0.25, 0.3) is 0 Å². The van der Waals surface area contributed by atoms with E-state index in [1.807, 2.05) is 6.92 Å². The van der Waals surface area contributed by atoms with Crippen molar-refractivity contribution in [2.24, 2.45) is 5.92 Å². The molecule has 0 spiro atoms. The molecule has 18 heteroatoms. The van der Waals surface area contributed by atoms with Crippen LogP contribution in [0.1, 0.15) is 90.4 Å². The Hall–Kier alpha value is -4.16. The Morgan fingerprint density at radius 3 is 2.51 bits per heavy atom. The zero-order valence-corrected chi connectivity index (χ0v) is 31.0. The third-order valence-electron chi connectivity index (χ3n) is 9.89. The first-order valence-electron chi connectivity index (χ1n) is 17.1. The van der Waals surface area contributed by atoms with Crippen molar-refractivity contribution < 1.29 is 51.0 Å². The summed E-state index contributed by atoms with van der Waals surface area (Å²) >= 11 is 0. The highest BCUT2D eigenvalue weighted by Crippen LogP contribution is 2.43. The molecule has 1 amide bonds. The van der Waals surface area contributed by atoms with E-state index in [2.05, 4.69) is 54.1 Å². The summed E-state index contributed by atoms with van der Waals surface area (Å²) < 4.78 is 55.1. The second kappa shape index (κ2) is 15.2. The van der Waals surface area contributed by atoms with E-state index in [0.717, 1.165) is 32.1 Å². The zero-order chi connectivity index (χ0) is 37.1. The van der Waals surface area contributed by atoms with E-state index in [1.165, 1.54) is 17.8 Å². The number of ether oxygens (including phenoxy) is 4. The quantitative estimate of drug-likeness (QED) is 0.103. The first kappa shape index (κ1) is 38.1. The first-order valence-corrected chi connectivity index (χ1v) is 20.0. The van der Waals surface area contributed by atoms with Crippen molar-refractivity contribution in [1.82, 2.24) is 19.5 Å². The van der Waals surface area contributed by atoms with Crippen LogP contribution >= 0.6 is 0 Å². The SMILES string of the molecule is Cc1oc(=O)oc1COC(=O)CCOC(=O)Nc1nc(F)nc2c1ncn2[C@H]1C[C@H](OC(=O)C2CCCCC2)[C@@](C)(CO[Si](C)(C)C(C)(C)C)O1. The molecule has 1 N–H and O–H groups in total. The summed E-state index contributed by atoms with van der Waals surface area (Å²) in [4.78, 5) is 61.0. The molecular formula is C33H46FN5O11Si. The second-order valence-electron chi connectivity index (χ2n) is 14.7. The monoisotopic (exact) mass is 735 g/mol. The van der Waals surface area contributed by atoms with Gasteiger partial charge in [-0.2, -0.15) is 14.4 Å². The van der Waals surface area contributed by atoms with Gasteiger partial charge in [-0.25, -0.2) is 14.6 Å². The zero-order valence-electron chi connectivity index (χ0n) is 30.0. The van der Waals surface area contributed by atoms with Crippen LogP contribution in [0.4, 0.5) is 15.0 Å². The molecule has 4 heterocycles. The lowest BCUT2D eigenvalue weighted by molar-refractivity contribution is -0.169. The number of carbonyl (C=O) groups is 3. The van der Waals surface area contributed by atoms with Crippen LogP contribution in [0.25, 0.3) is 11.2 Å². The van der Waals surface area contributed by atoms with E-state index in [4.69, 9.17) is 32.2 Å². The molecule has 280 valence electrons. The molecule has 0 aromatic carbocycles. The fraction of sp³-hybridized carbons (Fsp3) is 0.667. The highest BCUT2D eigenvalue weighted by atomic mass is 28.4. The van der Waals surface area contributed by atoms with E-state index < -0.39 is 50.2 Å². The topological polar surface area (TPSA) is 196 Å². The molecule has 1 saturated carbocycles. The third-order valence-corrected chi connectivity index (χ3v) is 14.4. The smallest absolute Gasteiger partial charge is 0.459 e. The molecule has 3 aromatic rings. The number of fused-ring (bicyclic) bond motifs is 1. The van der Waals surface area contributed by atoms with Gasteiger partial charge in [0.1, 0.15) is 24.5 Å². The standard InChI is InChI=1S/C33H46FN5O11Si/c1-19-21(48-31(43)47-19)16-45-24(40)13-14-44-30(42)37-26-25-27(38-29(34)36-26)39(18-35-25)23-15-22(49-28(41)20-11-9-8-10-12-20)33(5,50-23)17-46-51(6,7)32(2,3)4/h18,20,22-23H,8-17H2,1-7H3,(H,36,37,38,42)/t22-,23+,33+/m0/s1. The van der Waals surface area contributed by atoms with E-state index >= 15 is 0 Å². The van der Waals surface area contributed by atoms with E-state index in [-0.39, 0.29) is 78.1 Å². The van der Waals surface area contributed by atoms with Crippen LogP contribution in [0.5, 0.6) is 0 Å². The molecule has 0 radical (unpaired) electrons. The predicted octanol–water partition coefficient (Wildman–Crippen LogP) is 5.69. The summed E-state index contributed by atoms with van der Waals surface area (Å²) in [6, 6.07) is 0. The van der Waals surface area contributed by atoms with Crippen molar-refractivity contribution >= 4 is 43.3 Å². The number of rotatable bonds is 12. The molecule has 1 aliphatic carbocycles. The lowest BCUT2D eigenvalue weighted by Crippen LogP contribution is -2.50. The van der Waals surface area contributed by atoms with Crippen molar-refractivity contribution in [1.29, 1.82) is 0 Å². The van der Waals surface area contributed by atoms with Crippen LogP contribution in [0.2, 0.25) is 18.1 Å². The van der Waals surface area contributed by atoms with Gasteiger partial charge in [-0.05, 0) is 44.8 Å². The number of aryl methyl sites for hydroxylation is 1. The van der Waals surface area contributed by atoms with Gasteiger partial charge in [-0.15, -0.1) is 0 Å². The van der Waals surface area contributed by atoms with Crippen molar-refractivity contribution in [3.8, 4) is 0 Å². The second-order valence-corrected chi connectivity index (χ2v) is 19.5. The fourth-order valence-electron chi connectivity index (χ4n) is 5.72. The molecule has 1 saturated heterocycles. The van der Waals surface area contributed by atoms with Crippen molar-refractivity contribution in [2.45, 2.75) is 122 Å². The molecule has 3 atom stereocenters. The minimum Gasteiger partial charge on any atom is -0.459 e. The molecule has 1 aliphatic heterocycles. The van der Waals surface area contributed by atoms with E-state index in [1.54, 1.807) is 0 Å². The van der Waals surface area contributed by atoms with Gasteiger partial charge in [0.2, 0.25) is 0 Å². The summed E-state index contributed by atoms with van der Waals surface area (Å²) in [5.41, 5.74) is -0.959. The van der Waals surface area contributed by atoms with Crippen LogP contribution in [0.3, 0.4) is 0 Å². The largest absolute Gasteiger partial charge is 0.519 e. The average molecular weight is 736 g/mol. The molecule has 16 nitrogen and oxygen atoms in total. The molecular weight excluding hydrogens is 689 g/mol. The number of halogens is 1. The van der Waals surface area contributed by atoms with E-state index in [9.17, 15) is 23.6 Å². The lowest BCUT2D eigenvalue weighted by atomic mass is 9.89. The number of esters is 2. The van der Waals surface area contributed by atoms with Gasteiger partial charge in [0, 0.05) is 6.42 Å². The Morgan fingerprint density at radius 2 is 1.84 bits per heavy atom. The van der Waals surface area contributed by atoms with Gasteiger partial charge in [0.15, 0.2) is 43.4 Å². The number of amides is 1. The number of hydrogen-bond donors (Lipinski definition) is 1. The van der Waals surface area contributed by atoms with Crippen molar-refractivity contribution in [3.63, 3.8) is 0 Å². The minimum atomic E-state index is -2.22. The first-order chi connectivity index (χ1) is 24.0. The molecule has 51 heavy (non-hydrogen) atoms. The summed E-state index contributed by atoms with van der Waals surface area (Å²) in [7, 11) is -2.22. The maximum atomic E-state index is 14.8. The Bertz CT molecular complexity index is 1790. The Kier molecular flexibility index (Phi) is 11.4. The molecule has 2 fully saturated rings. The lowest BCUT2D eigenvalue weighted by Gasteiger charge is -2.40. The third kappa shape index (κ3) is 9.02. The van der Waals surface area contributed by atoms with Gasteiger partial charge in [-0.1, -0.05) is 40.0 Å². The highest BCUT2D eigenvalue weighted by Gasteiger charge is 2.51. The van der Waals surface area contributed by atoms with Crippen molar-refractivity contribution in [3.05, 3.63) is 34.5 Å². The summed E-state index contributed by atoms with van der Waals surface area (Å²) in [5, 5.41) is 2.27. The van der Waals surface area contributed by atoms with Crippen LogP contribution in [-0.2, 0) is 39.6 Å². The normalized spacial score (nSPS) is 21.5. The van der Waals surface area contributed by atoms with Crippen LogP contribution < -0.4 is 11.1 Å². The molecule has 5 rings (SSSR count). The number of nitrogens with zero attached hydrogens (tertiary/aromatic N) is 4. The number of anilines is 1. The van der Waals surface area contributed by atoms with Gasteiger partial charge < -0.3 is 32.2 Å². The molecule has 0 unspecified atom stereocenters. The number of imidazole rings is 1. The maximum absolute atomic E-state index is 14.8. The molecule has 2 aliphatic rings.